The van der Waals surface area contributed by atoms with E-state index >= 15 is 4.39 Å². The highest BCUT2D eigenvalue weighted by atomic mass is 19.1. The molecule has 1 aliphatic heterocycles. The van der Waals surface area contributed by atoms with Crippen LogP contribution in [-0.2, 0) is 12.7 Å². The molecule has 8 nitrogen and oxygen atoms in total. The van der Waals surface area contributed by atoms with Crippen LogP contribution >= 0.6 is 0 Å². The Morgan fingerprint density at radius 3 is 2.62 bits per heavy atom. The van der Waals surface area contributed by atoms with Gasteiger partial charge in [0.25, 0.3) is 11.8 Å². The fourth-order valence-corrected chi connectivity index (χ4v) is 3.03. The highest BCUT2D eigenvalue weighted by Gasteiger charge is 2.42. The highest BCUT2D eigenvalue weighted by Crippen LogP contribution is 2.37. The molecule has 0 spiro atoms. The molecule has 0 radical (unpaired) electrons. The second kappa shape index (κ2) is 6.32. The lowest BCUT2D eigenvalue weighted by Crippen LogP contribution is -2.44. The third kappa shape index (κ3) is 2.85. The van der Waals surface area contributed by atoms with Gasteiger partial charge in [0, 0.05) is 50.9 Å². The predicted octanol–water partition coefficient (Wildman–Crippen LogP) is 1.97. The molecule has 1 aliphatic rings. The number of amides is 1. The minimum atomic E-state index is -1.73. The molecule has 134 valence electrons. The molecule has 0 bridgehead atoms. The Morgan fingerprint density at radius 1 is 1.23 bits per heavy atom. The van der Waals surface area contributed by atoms with E-state index in [1.165, 1.54) is 6.20 Å². The standard InChI is InChI=1S/C17H17FN6O2/c1-23-11-20-10-13(23)15(25)24-8-4-17(18,5-9-24)16-21-14(22-26-16)12-2-6-19-7-3-12/h2-3,6-7,10-11H,4-5,8-9H2,1H3. The maximum atomic E-state index is 15.3. The summed E-state index contributed by atoms with van der Waals surface area (Å²) < 4.78 is 22.2. The smallest absolute Gasteiger partial charge is 0.272 e. The topological polar surface area (TPSA) is 89.9 Å². The van der Waals surface area contributed by atoms with Crippen molar-refractivity contribution in [2.75, 3.05) is 13.1 Å². The van der Waals surface area contributed by atoms with Crippen LogP contribution in [0.4, 0.5) is 4.39 Å². The van der Waals surface area contributed by atoms with Crippen LogP contribution in [0.5, 0.6) is 0 Å². The van der Waals surface area contributed by atoms with Gasteiger partial charge in [-0.25, -0.2) is 9.37 Å². The molecule has 0 aromatic carbocycles. The molecule has 9 heteroatoms. The zero-order valence-electron chi connectivity index (χ0n) is 14.2. The summed E-state index contributed by atoms with van der Waals surface area (Å²) in [4.78, 5) is 26.2. The van der Waals surface area contributed by atoms with Crippen molar-refractivity contribution < 1.29 is 13.7 Å². The number of nitrogens with zero attached hydrogens (tertiary/aromatic N) is 6. The zero-order chi connectivity index (χ0) is 18.1. The summed E-state index contributed by atoms with van der Waals surface area (Å²) in [5.41, 5.74) is -0.543. The quantitative estimate of drug-likeness (QED) is 0.713. The molecule has 0 saturated carbocycles. The summed E-state index contributed by atoms with van der Waals surface area (Å²) in [6, 6.07) is 3.46. The van der Waals surface area contributed by atoms with E-state index in [9.17, 15) is 4.79 Å². The molecule has 4 heterocycles. The van der Waals surface area contributed by atoms with Crippen molar-refractivity contribution >= 4 is 5.91 Å². The number of imidazole rings is 1. The summed E-state index contributed by atoms with van der Waals surface area (Å²) >= 11 is 0. The molecule has 26 heavy (non-hydrogen) atoms. The van der Waals surface area contributed by atoms with E-state index in [-0.39, 0.29) is 37.7 Å². The number of hydrogen-bond acceptors (Lipinski definition) is 6. The van der Waals surface area contributed by atoms with Crippen LogP contribution in [0.2, 0.25) is 0 Å². The summed E-state index contributed by atoms with van der Waals surface area (Å²) in [5.74, 6) is 0.125. The molecular weight excluding hydrogens is 339 g/mol. The Balaban J connectivity index is 1.47. The van der Waals surface area contributed by atoms with Gasteiger partial charge in [0.05, 0.1) is 12.5 Å². The summed E-state index contributed by atoms with van der Waals surface area (Å²) in [6.45, 7) is 0.543. The average Bonchev–Trinajstić information content (AvgIpc) is 3.32. The number of carbonyl (C=O) groups excluding carboxylic acids is 1. The number of aryl methyl sites for hydroxylation is 1. The fourth-order valence-electron chi connectivity index (χ4n) is 3.03. The van der Waals surface area contributed by atoms with Gasteiger partial charge in [-0.2, -0.15) is 4.98 Å². The van der Waals surface area contributed by atoms with E-state index in [1.807, 2.05) is 0 Å². The van der Waals surface area contributed by atoms with Crippen LogP contribution in [-0.4, -0.2) is 48.6 Å². The minimum absolute atomic E-state index is 0.0445. The monoisotopic (exact) mass is 356 g/mol. The van der Waals surface area contributed by atoms with Crippen molar-refractivity contribution in [3.05, 3.63) is 48.6 Å². The van der Waals surface area contributed by atoms with Gasteiger partial charge in [-0.05, 0) is 12.1 Å². The second-order valence-electron chi connectivity index (χ2n) is 6.31. The van der Waals surface area contributed by atoms with Crippen molar-refractivity contribution in [1.82, 2.24) is 29.6 Å². The molecule has 1 fully saturated rings. The third-order valence-electron chi connectivity index (χ3n) is 4.63. The van der Waals surface area contributed by atoms with E-state index in [1.54, 1.807) is 47.4 Å². The summed E-state index contributed by atoms with van der Waals surface area (Å²) in [6.07, 6.45) is 6.51. The van der Waals surface area contributed by atoms with Gasteiger partial charge in [-0.3, -0.25) is 9.78 Å². The minimum Gasteiger partial charge on any atom is -0.337 e. The Bertz CT molecular complexity index is 914. The largest absolute Gasteiger partial charge is 0.337 e. The van der Waals surface area contributed by atoms with E-state index in [0.717, 1.165) is 0 Å². The van der Waals surface area contributed by atoms with Gasteiger partial charge in [0.2, 0.25) is 5.82 Å². The van der Waals surface area contributed by atoms with Gasteiger partial charge in [-0.1, -0.05) is 5.16 Å². The average molecular weight is 356 g/mol. The second-order valence-corrected chi connectivity index (χ2v) is 6.31. The van der Waals surface area contributed by atoms with Crippen molar-refractivity contribution in [1.29, 1.82) is 0 Å². The molecule has 4 rings (SSSR count). The first kappa shape index (κ1) is 16.4. The third-order valence-corrected chi connectivity index (χ3v) is 4.63. The Hall–Kier alpha value is -3.10. The first-order valence-electron chi connectivity index (χ1n) is 8.26. The van der Waals surface area contributed by atoms with Crippen molar-refractivity contribution in [2.45, 2.75) is 18.5 Å². The number of piperidine rings is 1. The molecule has 3 aromatic heterocycles. The van der Waals surface area contributed by atoms with Crippen LogP contribution in [0.25, 0.3) is 11.4 Å². The summed E-state index contributed by atoms with van der Waals surface area (Å²) in [5, 5.41) is 3.87. The van der Waals surface area contributed by atoms with Crippen molar-refractivity contribution in [3.8, 4) is 11.4 Å². The lowest BCUT2D eigenvalue weighted by atomic mass is 9.93. The zero-order valence-corrected chi connectivity index (χ0v) is 14.2. The van der Waals surface area contributed by atoms with Crippen LogP contribution in [0, 0.1) is 0 Å². The number of likely N-dealkylation sites (tertiary alicyclic amines) is 1. The molecule has 0 unspecified atom stereocenters. The lowest BCUT2D eigenvalue weighted by Gasteiger charge is -2.34. The number of hydrogen-bond donors (Lipinski definition) is 0. The maximum absolute atomic E-state index is 15.3. The van der Waals surface area contributed by atoms with E-state index in [2.05, 4.69) is 20.1 Å². The van der Waals surface area contributed by atoms with Crippen LogP contribution < -0.4 is 0 Å². The number of alkyl halides is 1. The molecular formula is C17H17FN6O2. The van der Waals surface area contributed by atoms with Crippen LogP contribution in [0.3, 0.4) is 0 Å². The predicted molar refractivity (Wildman–Crippen MR) is 88.7 cm³/mol. The normalized spacial score (nSPS) is 16.6. The van der Waals surface area contributed by atoms with Gasteiger partial charge >= 0.3 is 0 Å². The molecule has 0 atom stereocenters. The van der Waals surface area contributed by atoms with E-state index in [4.69, 9.17) is 4.52 Å². The first-order chi connectivity index (χ1) is 12.6. The Labute approximate surface area is 148 Å². The first-order valence-corrected chi connectivity index (χ1v) is 8.26. The van der Waals surface area contributed by atoms with Crippen molar-refractivity contribution in [2.24, 2.45) is 7.05 Å². The summed E-state index contributed by atoms with van der Waals surface area (Å²) in [7, 11) is 1.75. The number of pyridine rings is 1. The number of halogens is 1. The van der Waals surface area contributed by atoms with Gasteiger partial charge in [-0.15, -0.1) is 0 Å². The SMILES string of the molecule is Cn1cncc1C(=O)N1CCC(F)(c2nc(-c3ccncc3)no2)CC1. The highest BCUT2D eigenvalue weighted by molar-refractivity contribution is 5.92. The van der Waals surface area contributed by atoms with Crippen LogP contribution in [0.15, 0.2) is 41.6 Å². The maximum Gasteiger partial charge on any atom is 0.272 e. The Kier molecular flexibility index (Phi) is 3.98. The Morgan fingerprint density at radius 2 is 1.96 bits per heavy atom. The van der Waals surface area contributed by atoms with Gasteiger partial charge in [0.1, 0.15) is 5.69 Å². The van der Waals surface area contributed by atoms with Gasteiger partial charge in [0.15, 0.2) is 5.67 Å². The molecule has 0 N–H and O–H groups in total. The molecule has 1 amide bonds. The number of rotatable bonds is 3. The molecule has 1 saturated heterocycles. The molecule has 3 aromatic rings. The van der Waals surface area contributed by atoms with Crippen molar-refractivity contribution in [3.63, 3.8) is 0 Å². The number of aromatic nitrogens is 5. The van der Waals surface area contributed by atoms with E-state index < -0.39 is 5.67 Å². The van der Waals surface area contributed by atoms with Gasteiger partial charge < -0.3 is 14.0 Å². The van der Waals surface area contributed by atoms with Crippen LogP contribution in [0.1, 0.15) is 29.2 Å². The van der Waals surface area contributed by atoms with E-state index in [0.29, 0.717) is 17.1 Å². The lowest BCUT2D eigenvalue weighted by molar-refractivity contribution is 0.0244. The number of carbonyl (C=O) groups is 1. The molecule has 0 aliphatic carbocycles. The fraction of sp³-hybridized carbons (Fsp3) is 0.353.